The van der Waals surface area contributed by atoms with Gasteiger partial charge in [-0.05, 0) is 61.4 Å². The molecule has 1 fully saturated rings. The van der Waals surface area contributed by atoms with Crippen LogP contribution in [0.15, 0.2) is 60.7 Å². The minimum Gasteiger partial charge on any atom is -0.425 e. The number of nitrogens with zero attached hydrogens (tertiary/aromatic N) is 1. The quantitative estimate of drug-likeness (QED) is 0.250. The molecule has 30 heavy (non-hydrogen) atoms. The average Bonchev–Trinajstić information content (AvgIpc) is 2.99. The Bertz CT molecular complexity index is 1020. The summed E-state index contributed by atoms with van der Waals surface area (Å²) in [4.78, 5) is 50.5. The summed E-state index contributed by atoms with van der Waals surface area (Å²) in [5, 5.41) is 0. The Morgan fingerprint density at radius 1 is 0.867 bits per heavy atom. The van der Waals surface area contributed by atoms with Gasteiger partial charge in [0.2, 0.25) is 11.8 Å². The van der Waals surface area contributed by atoms with Gasteiger partial charge in [-0.15, -0.1) is 0 Å². The normalized spacial score (nSPS) is 20.2. The van der Waals surface area contributed by atoms with Gasteiger partial charge in [0, 0.05) is 11.1 Å². The van der Waals surface area contributed by atoms with E-state index < -0.39 is 30.2 Å². The molecular formula is C23H18FNO5. The second-order valence-electron chi connectivity index (χ2n) is 7.25. The van der Waals surface area contributed by atoms with Crippen LogP contribution in [0.25, 0.3) is 0 Å². The van der Waals surface area contributed by atoms with Crippen molar-refractivity contribution in [2.24, 2.45) is 11.8 Å². The van der Waals surface area contributed by atoms with Gasteiger partial charge in [0.25, 0.3) is 0 Å². The van der Waals surface area contributed by atoms with E-state index in [2.05, 4.69) is 0 Å². The molecule has 6 nitrogen and oxygen atoms in total. The number of allylic oxidation sites excluding steroid dienone is 2. The lowest BCUT2D eigenvalue weighted by atomic mass is 9.85. The van der Waals surface area contributed by atoms with E-state index in [1.165, 1.54) is 48.5 Å². The van der Waals surface area contributed by atoms with Crippen LogP contribution in [0.3, 0.4) is 0 Å². The van der Waals surface area contributed by atoms with Crippen molar-refractivity contribution in [1.29, 1.82) is 0 Å². The molecular weight excluding hydrogens is 389 g/mol. The molecule has 152 valence electrons. The lowest BCUT2D eigenvalue weighted by molar-refractivity contribution is -0.148. The zero-order chi connectivity index (χ0) is 21.3. The van der Waals surface area contributed by atoms with E-state index in [1.54, 1.807) is 0 Å². The molecule has 0 aromatic heterocycles. The van der Waals surface area contributed by atoms with Crippen LogP contribution in [0, 0.1) is 17.7 Å². The van der Waals surface area contributed by atoms with Gasteiger partial charge in [-0.3, -0.25) is 19.3 Å². The number of carbonyl (C=O) groups excluding carboxylic acids is 4. The highest BCUT2D eigenvalue weighted by molar-refractivity contribution is 6.09. The zero-order valence-electron chi connectivity index (χ0n) is 15.9. The van der Waals surface area contributed by atoms with Crippen molar-refractivity contribution in [2.75, 3.05) is 6.54 Å². The van der Waals surface area contributed by atoms with Gasteiger partial charge in [0.1, 0.15) is 18.1 Å². The van der Waals surface area contributed by atoms with Crippen LogP contribution < -0.4 is 4.74 Å². The first kappa shape index (κ1) is 19.7. The van der Waals surface area contributed by atoms with E-state index in [9.17, 15) is 23.6 Å². The third-order valence-corrected chi connectivity index (χ3v) is 5.34. The van der Waals surface area contributed by atoms with E-state index in [1.807, 2.05) is 12.2 Å². The molecule has 1 saturated heterocycles. The molecule has 0 spiro atoms. The maximum Gasteiger partial charge on any atom is 0.331 e. The minimum atomic E-state index is -0.735. The molecule has 0 N–H and O–H groups in total. The number of benzene rings is 2. The molecule has 7 heteroatoms. The number of halogens is 1. The van der Waals surface area contributed by atoms with Crippen LogP contribution in [0.4, 0.5) is 4.39 Å². The van der Waals surface area contributed by atoms with E-state index in [0.29, 0.717) is 24.0 Å². The number of likely N-dealkylation sites (tertiary alicyclic amines) is 1. The minimum absolute atomic E-state index is 0.189. The molecule has 2 aromatic rings. The summed E-state index contributed by atoms with van der Waals surface area (Å²) in [6.45, 7) is -0.444. The Kier molecular flexibility index (Phi) is 5.27. The number of ether oxygens (including phenoxy) is 1. The Balaban J connectivity index is 1.38. The van der Waals surface area contributed by atoms with Crippen LogP contribution >= 0.6 is 0 Å². The molecule has 2 aromatic carbocycles. The number of imide groups is 1. The maximum absolute atomic E-state index is 13.0. The first-order valence-corrected chi connectivity index (χ1v) is 9.55. The largest absolute Gasteiger partial charge is 0.425 e. The van der Waals surface area contributed by atoms with Crippen LogP contribution in [0.5, 0.6) is 5.75 Å². The smallest absolute Gasteiger partial charge is 0.331 e. The van der Waals surface area contributed by atoms with E-state index in [4.69, 9.17) is 4.74 Å². The fourth-order valence-corrected chi connectivity index (χ4v) is 3.76. The number of rotatable bonds is 5. The van der Waals surface area contributed by atoms with E-state index >= 15 is 0 Å². The van der Waals surface area contributed by atoms with E-state index in [0.717, 1.165) is 4.90 Å². The van der Waals surface area contributed by atoms with Gasteiger partial charge < -0.3 is 4.74 Å². The van der Waals surface area contributed by atoms with Gasteiger partial charge >= 0.3 is 5.97 Å². The third kappa shape index (κ3) is 3.78. The Hall–Kier alpha value is -3.61. The molecule has 0 radical (unpaired) electrons. The fraction of sp³-hybridized carbons (Fsp3) is 0.217. The Morgan fingerprint density at radius 2 is 1.37 bits per heavy atom. The number of hydrogen-bond acceptors (Lipinski definition) is 5. The predicted molar refractivity (Wildman–Crippen MR) is 104 cm³/mol. The van der Waals surface area contributed by atoms with Crippen molar-refractivity contribution in [3.05, 3.63) is 77.6 Å². The van der Waals surface area contributed by atoms with Crippen molar-refractivity contribution < 1.29 is 28.3 Å². The molecule has 1 aliphatic heterocycles. The van der Waals surface area contributed by atoms with Gasteiger partial charge in [-0.25, -0.2) is 9.18 Å². The number of fused-ring (bicyclic) bond motifs is 1. The summed E-state index contributed by atoms with van der Waals surface area (Å²) < 4.78 is 18.2. The first-order chi connectivity index (χ1) is 14.4. The van der Waals surface area contributed by atoms with Crippen molar-refractivity contribution in [3.8, 4) is 5.75 Å². The highest BCUT2D eigenvalue weighted by Crippen LogP contribution is 2.34. The Morgan fingerprint density at radius 3 is 1.90 bits per heavy atom. The molecule has 0 unspecified atom stereocenters. The molecule has 0 bridgehead atoms. The fourth-order valence-electron chi connectivity index (χ4n) is 3.76. The highest BCUT2D eigenvalue weighted by Gasteiger charge is 2.47. The van der Waals surface area contributed by atoms with Crippen LogP contribution in [0.2, 0.25) is 0 Å². The monoisotopic (exact) mass is 407 g/mol. The highest BCUT2D eigenvalue weighted by atomic mass is 19.1. The second-order valence-corrected chi connectivity index (χ2v) is 7.25. The van der Waals surface area contributed by atoms with Crippen molar-refractivity contribution >= 4 is 23.6 Å². The number of carbonyl (C=O) groups is 4. The molecule has 0 saturated carbocycles. The number of ketones is 1. The van der Waals surface area contributed by atoms with Gasteiger partial charge in [-0.2, -0.15) is 0 Å². The van der Waals surface area contributed by atoms with Crippen molar-refractivity contribution in [1.82, 2.24) is 4.90 Å². The zero-order valence-corrected chi connectivity index (χ0v) is 15.9. The molecule has 2 amide bonds. The molecule has 1 heterocycles. The van der Waals surface area contributed by atoms with Crippen LogP contribution in [-0.2, 0) is 14.4 Å². The maximum atomic E-state index is 13.0. The summed E-state index contributed by atoms with van der Waals surface area (Å²) in [7, 11) is 0. The van der Waals surface area contributed by atoms with Gasteiger partial charge in [-0.1, -0.05) is 12.2 Å². The van der Waals surface area contributed by atoms with Crippen molar-refractivity contribution in [2.45, 2.75) is 12.8 Å². The number of amides is 2. The topological polar surface area (TPSA) is 80.8 Å². The summed E-state index contributed by atoms with van der Waals surface area (Å²) >= 11 is 0. The summed E-state index contributed by atoms with van der Waals surface area (Å²) in [6, 6.07) is 11.1. The number of hydrogen-bond donors (Lipinski definition) is 0. The SMILES string of the molecule is O=C(CN1C(=O)[C@@H]2CC=CC[C@H]2C1=O)Oc1ccc(C(=O)c2ccc(F)cc2)cc1. The summed E-state index contributed by atoms with van der Waals surface area (Å²) in [5.74, 6) is -2.75. The standard InChI is InChI=1S/C23H18FNO5/c24-16-9-5-14(6-10-16)21(27)15-7-11-17(12-8-15)30-20(26)13-25-22(28)18-3-1-2-4-19(18)23(25)29/h1-2,5-12,18-19H,3-4,13H2/t18-,19-/m1/s1. The molecule has 2 atom stereocenters. The number of esters is 1. The molecule has 1 aliphatic carbocycles. The van der Waals surface area contributed by atoms with Crippen LogP contribution in [0.1, 0.15) is 28.8 Å². The molecule has 2 aliphatic rings. The predicted octanol–water partition coefficient (Wildman–Crippen LogP) is 2.91. The van der Waals surface area contributed by atoms with Gasteiger partial charge in [0.05, 0.1) is 11.8 Å². The summed E-state index contributed by atoms with van der Waals surface area (Å²) in [5.41, 5.74) is 0.686. The molecule has 4 rings (SSSR count). The third-order valence-electron chi connectivity index (χ3n) is 5.34. The van der Waals surface area contributed by atoms with Crippen molar-refractivity contribution in [3.63, 3.8) is 0 Å². The van der Waals surface area contributed by atoms with E-state index in [-0.39, 0.29) is 23.3 Å². The first-order valence-electron chi connectivity index (χ1n) is 9.55. The Labute approximate surface area is 171 Å². The van der Waals surface area contributed by atoms with Gasteiger partial charge in [0.15, 0.2) is 5.78 Å². The summed E-state index contributed by atoms with van der Waals surface area (Å²) in [6.07, 6.45) is 4.76. The van der Waals surface area contributed by atoms with Crippen LogP contribution in [-0.4, -0.2) is 35.0 Å². The lowest BCUT2D eigenvalue weighted by Crippen LogP contribution is -2.37. The second kappa shape index (κ2) is 8.02. The lowest BCUT2D eigenvalue weighted by Gasteiger charge is -2.14. The average molecular weight is 407 g/mol.